The molecule has 1 rings (SSSR count). The predicted molar refractivity (Wildman–Crippen MR) is 61.0 cm³/mol. The molecule has 0 fully saturated rings. The smallest absolute Gasteiger partial charge is 0.0618 e. The lowest BCUT2D eigenvalue weighted by atomic mass is 10.3. The fraction of sp³-hybridized carbons (Fsp3) is 0.250. The minimum atomic E-state index is 0.660. The van der Waals surface area contributed by atoms with Gasteiger partial charge in [-0.15, -0.1) is 0 Å². The van der Waals surface area contributed by atoms with Gasteiger partial charge in [-0.3, -0.25) is 0 Å². The second kappa shape index (κ2) is 4.52. The van der Waals surface area contributed by atoms with E-state index in [1.807, 2.05) is 29.2 Å². The van der Waals surface area contributed by atoms with Crippen molar-refractivity contribution in [3.8, 4) is 0 Å². The fourth-order valence-electron chi connectivity index (χ4n) is 0.893. The summed E-state index contributed by atoms with van der Waals surface area (Å²) >= 11 is 8.36. The number of nitrogens with two attached hydrogens (primary N) is 1. The van der Waals surface area contributed by atoms with Crippen molar-refractivity contribution in [2.45, 2.75) is 0 Å². The van der Waals surface area contributed by atoms with Crippen LogP contribution in [0, 0.1) is 0 Å². The average Bonchev–Trinajstić information content (AvgIpc) is 2.10. The molecule has 0 amide bonds. The van der Waals surface area contributed by atoms with E-state index < -0.39 is 0 Å². The summed E-state index contributed by atoms with van der Waals surface area (Å²) in [5, 5.41) is 0. The van der Waals surface area contributed by atoms with Gasteiger partial charge in [-0.1, -0.05) is 0 Å². The Morgan fingerprint density at radius 1 is 1.08 bits per heavy atom. The third-order valence-corrected chi connectivity index (χ3v) is 2.28. The number of rotatable bonds is 3. The van der Waals surface area contributed by atoms with Crippen molar-refractivity contribution >= 4 is 36.6 Å². The lowest BCUT2D eigenvalue weighted by Gasteiger charge is -2.19. The van der Waals surface area contributed by atoms with Gasteiger partial charge in [0.05, 0.1) is 11.8 Å². The highest BCUT2D eigenvalue weighted by atomic mass is 32.1. The van der Waals surface area contributed by atoms with Crippen molar-refractivity contribution in [2.24, 2.45) is 0 Å². The van der Waals surface area contributed by atoms with Crippen LogP contribution in [0.3, 0.4) is 0 Å². The van der Waals surface area contributed by atoms with Gasteiger partial charge < -0.3 is 10.6 Å². The highest BCUT2D eigenvalue weighted by Gasteiger charge is 1.99. The molecule has 1 aromatic rings. The Balaban J connectivity index is 2.80. The SMILES string of the molecule is Nc1ccc(N(CS)CS)cc1. The molecule has 0 aliphatic carbocycles. The normalized spacial score (nSPS) is 9.83. The number of thiol groups is 2. The Labute approximate surface area is 83.6 Å². The van der Waals surface area contributed by atoms with Crippen LogP contribution >= 0.6 is 25.3 Å². The molecule has 12 heavy (non-hydrogen) atoms. The third-order valence-electron chi connectivity index (χ3n) is 1.60. The first-order valence-electron chi connectivity index (χ1n) is 3.60. The predicted octanol–water partition coefficient (Wildman–Crippen LogP) is 1.85. The van der Waals surface area contributed by atoms with Crippen molar-refractivity contribution < 1.29 is 0 Å². The second-order valence-corrected chi connectivity index (χ2v) is 2.98. The number of hydrogen-bond donors (Lipinski definition) is 3. The first kappa shape index (κ1) is 9.61. The summed E-state index contributed by atoms with van der Waals surface area (Å²) in [7, 11) is 0. The number of nitrogens with zero attached hydrogens (tertiary/aromatic N) is 1. The lowest BCUT2D eigenvalue weighted by Crippen LogP contribution is -2.18. The zero-order valence-electron chi connectivity index (χ0n) is 6.64. The van der Waals surface area contributed by atoms with Gasteiger partial charge in [0.15, 0.2) is 0 Å². The van der Waals surface area contributed by atoms with Gasteiger partial charge in [-0.2, -0.15) is 25.3 Å². The van der Waals surface area contributed by atoms with Gasteiger partial charge in [-0.25, -0.2) is 0 Å². The van der Waals surface area contributed by atoms with Crippen molar-refractivity contribution in [3.05, 3.63) is 24.3 Å². The Morgan fingerprint density at radius 2 is 1.58 bits per heavy atom. The van der Waals surface area contributed by atoms with Gasteiger partial charge in [0.2, 0.25) is 0 Å². The first-order chi connectivity index (χ1) is 5.77. The molecular weight excluding hydrogens is 188 g/mol. The molecule has 0 aromatic heterocycles. The van der Waals surface area contributed by atoms with Gasteiger partial charge in [-0.05, 0) is 24.3 Å². The van der Waals surface area contributed by atoms with E-state index in [-0.39, 0.29) is 0 Å². The maximum absolute atomic E-state index is 5.55. The highest BCUT2D eigenvalue weighted by molar-refractivity contribution is 7.81. The van der Waals surface area contributed by atoms with Crippen LogP contribution < -0.4 is 10.6 Å². The Hall–Kier alpha value is -0.480. The number of hydrogen-bond acceptors (Lipinski definition) is 4. The molecule has 1 aromatic carbocycles. The summed E-state index contributed by atoms with van der Waals surface area (Å²) in [5.74, 6) is 1.32. The summed E-state index contributed by atoms with van der Waals surface area (Å²) in [6.45, 7) is 0. The van der Waals surface area contributed by atoms with E-state index in [4.69, 9.17) is 5.73 Å². The molecule has 0 radical (unpaired) electrons. The van der Waals surface area contributed by atoms with Crippen molar-refractivity contribution in [1.29, 1.82) is 0 Å². The minimum absolute atomic E-state index is 0.660. The van der Waals surface area contributed by atoms with E-state index in [1.165, 1.54) is 0 Å². The fourth-order valence-corrected chi connectivity index (χ4v) is 1.58. The van der Waals surface area contributed by atoms with Crippen LogP contribution in [0.2, 0.25) is 0 Å². The number of nitrogen functional groups attached to an aromatic ring is 1. The molecule has 0 saturated heterocycles. The van der Waals surface area contributed by atoms with E-state index in [9.17, 15) is 0 Å². The Bertz CT molecular complexity index is 231. The molecule has 0 aliphatic rings. The molecule has 0 spiro atoms. The van der Waals surface area contributed by atoms with E-state index >= 15 is 0 Å². The minimum Gasteiger partial charge on any atom is -0.399 e. The largest absolute Gasteiger partial charge is 0.399 e. The van der Waals surface area contributed by atoms with Gasteiger partial charge in [0.25, 0.3) is 0 Å². The van der Waals surface area contributed by atoms with Crippen LogP contribution in [0.1, 0.15) is 0 Å². The van der Waals surface area contributed by atoms with Crippen LogP contribution in [0.25, 0.3) is 0 Å². The maximum atomic E-state index is 5.55. The Morgan fingerprint density at radius 3 is 2.00 bits per heavy atom. The van der Waals surface area contributed by atoms with Crippen LogP contribution in [-0.4, -0.2) is 11.8 Å². The van der Waals surface area contributed by atoms with Crippen LogP contribution in [0.5, 0.6) is 0 Å². The van der Waals surface area contributed by atoms with Crippen molar-refractivity contribution in [1.82, 2.24) is 0 Å². The average molecular weight is 200 g/mol. The van der Waals surface area contributed by atoms with Gasteiger partial charge in [0.1, 0.15) is 0 Å². The summed E-state index contributed by atoms with van der Waals surface area (Å²) in [6, 6.07) is 7.66. The number of benzene rings is 1. The van der Waals surface area contributed by atoms with Gasteiger partial charge >= 0.3 is 0 Å². The molecular formula is C8H12N2S2. The molecule has 0 heterocycles. The highest BCUT2D eigenvalue weighted by Crippen LogP contribution is 2.16. The molecule has 0 unspecified atom stereocenters. The molecule has 2 N–H and O–H groups in total. The molecule has 4 heteroatoms. The summed E-state index contributed by atoms with van der Waals surface area (Å²) < 4.78 is 0. The molecule has 0 atom stereocenters. The quantitative estimate of drug-likeness (QED) is 0.395. The van der Waals surface area contributed by atoms with E-state index in [0.717, 1.165) is 11.4 Å². The molecule has 2 nitrogen and oxygen atoms in total. The van der Waals surface area contributed by atoms with Crippen LogP contribution in [-0.2, 0) is 0 Å². The third kappa shape index (κ3) is 2.25. The topological polar surface area (TPSA) is 29.3 Å². The summed E-state index contributed by atoms with van der Waals surface area (Å²) in [5.41, 5.74) is 7.42. The first-order valence-corrected chi connectivity index (χ1v) is 4.86. The summed E-state index contributed by atoms with van der Waals surface area (Å²) in [6.07, 6.45) is 0. The molecule has 66 valence electrons. The van der Waals surface area contributed by atoms with E-state index in [1.54, 1.807) is 0 Å². The standard InChI is InChI=1S/C8H12N2S2/c9-7-1-3-8(4-2-7)10(5-11)6-12/h1-4,11-12H,5-6,9H2. The molecule has 0 aliphatic heterocycles. The summed E-state index contributed by atoms with van der Waals surface area (Å²) in [4.78, 5) is 2.02. The Kier molecular flexibility index (Phi) is 3.62. The van der Waals surface area contributed by atoms with Crippen molar-refractivity contribution in [3.63, 3.8) is 0 Å². The van der Waals surface area contributed by atoms with E-state index in [2.05, 4.69) is 25.3 Å². The molecule has 0 bridgehead atoms. The zero-order chi connectivity index (χ0) is 8.97. The van der Waals surface area contributed by atoms with Crippen LogP contribution in [0.15, 0.2) is 24.3 Å². The van der Waals surface area contributed by atoms with Crippen molar-refractivity contribution in [2.75, 3.05) is 22.4 Å². The van der Waals surface area contributed by atoms with E-state index in [0.29, 0.717) is 11.8 Å². The van der Waals surface area contributed by atoms with Crippen LogP contribution in [0.4, 0.5) is 11.4 Å². The lowest BCUT2D eigenvalue weighted by molar-refractivity contribution is 1.07. The second-order valence-electron chi connectivity index (χ2n) is 2.41. The molecule has 0 saturated carbocycles. The maximum Gasteiger partial charge on any atom is 0.0618 e. The number of anilines is 2. The van der Waals surface area contributed by atoms with Gasteiger partial charge in [0, 0.05) is 11.4 Å². The monoisotopic (exact) mass is 200 g/mol. The zero-order valence-corrected chi connectivity index (χ0v) is 8.43.